The minimum atomic E-state index is -2.28. The van der Waals surface area contributed by atoms with Crippen molar-refractivity contribution in [1.82, 2.24) is 4.98 Å². The normalized spacial score (nSPS) is 14.8. The molecule has 1 aliphatic rings. The SMILES string of the molecule is FC(F)=C(F)CCSc1ncc(/C=N\OCC2CC2)o1. The molecular weight excluding hydrogens is 293 g/mol. The smallest absolute Gasteiger partial charge is 0.301 e. The highest BCUT2D eigenvalue weighted by molar-refractivity contribution is 7.99. The van der Waals surface area contributed by atoms with Crippen LogP contribution in [-0.2, 0) is 4.84 Å². The van der Waals surface area contributed by atoms with E-state index in [9.17, 15) is 13.2 Å². The van der Waals surface area contributed by atoms with Crippen LogP contribution in [0.15, 0.2) is 32.9 Å². The Morgan fingerprint density at radius 1 is 1.50 bits per heavy atom. The molecule has 1 heterocycles. The largest absolute Gasteiger partial charge is 0.430 e. The van der Waals surface area contributed by atoms with Gasteiger partial charge < -0.3 is 9.25 Å². The fourth-order valence-electron chi connectivity index (χ4n) is 1.24. The number of hydrogen-bond donors (Lipinski definition) is 0. The van der Waals surface area contributed by atoms with Crippen LogP contribution in [0.3, 0.4) is 0 Å². The van der Waals surface area contributed by atoms with Gasteiger partial charge in [0.2, 0.25) is 0 Å². The first-order chi connectivity index (χ1) is 9.65. The van der Waals surface area contributed by atoms with Gasteiger partial charge in [0, 0.05) is 12.2 Å². The van der Waals surface area contributed by atoms with Crippen molar-refractivity contribution < 1.29 is 22.4 Å². The van der Waals surface area contributed by atoms with Crippen LogP contribution in [-0.4, -0.2) is 23.6 Å². The van der Waals surface area contributed by atoms with Crippen LogP contribution in [0.5, 0.6) is 0 Å². The van der Waals surface area contributed by atoms with E-state index in [4.69, 9.17) is 9.25 Å². The van der Waals surface area contributed by atoms with Crippen LogP contribution in [0.4, 0.5) is 13.2 Å². The summed E-state index contributed by atoms with van der Waals surface area (Å²) < 4.78 is 41.4. The zero-order valence-electron chi connectivity index (χ0n) is 10.5. The molecule has 1 aromatic rings. The Morgan fingerprint density at radius 3 is 3.00 bits per heavy atom. The molecule has 0 spiro atoms. The zero-order chi connectivity index (χ0) is 14.4. The highest BCUT2D eigenvalue weighted by Crippen LogP contribution is 2.28. The number of aromatic nitrogens is 1. The molecule has 0 atom stereocenters. The molecule has 1 aromatic heterocycles. The van der Waals surface area contributed by atoms with Gasteiger partial charge in [-0.25, -0.2) is 9.37 Å². The van der Waals surface area contributed by atoms with Gasteiger partial charge in [0.15, 0.2) is 11.6 Å². The Bertz CT molecular complexity index is 497. The summed E-state index contributed by atoms with van der Waals surface area (Å²) in [6.07, 6.45) is 2.56. The van der Waals surface area contributed by atoms with Gasteiger partial charge in [-0.05, 0) is 18.8 Å². The molecule has 0 aliphatic heterocycles. The summed E-state index contributed by atoms with van der Waals surface area (Å²) in [4.78, 5) is 8.95. The van der Waals surface area contributed by atoms with Crippen LogP contribution < -0.4 is 0 Å². The summed E-state index contributed by atoms with van der Waals surface area (Å²) in [7, 11) is 0. The zero-order valence-corrected chi connectivity index (χ0v) is 11.3. The second-order valence-corrected chi connectivity index (χ2v) is 5.31. The number of oxazole rings is 1. The van der Waals surface area contributed by atoms with Crippen LogP contribution in [0.25, 0.3) is 0 Å². The quantitative estimate of drug-likeness (QED) is 0.414. The molecule has 2 rings (SSSR count). The van der Waals surface area contributed by atoms with E-state index in [2.05, 4.69) is 10.1 Å². The third-order valence-electron chi connectivity index (χ3n) is 2.52. The molecule has 1 aliphatic carbocycles. The van der Waals surface area contributed by atoms with E-state index in [1.807, 2.05) is 0 Å². The third-order valence-corrected chi connectivity index (χ3v) is 3.36. The summed E-state index contributed by atoms with van der Waals surface area (Å²) >= 11 is 1.05. The van der Waals surface area contributed by atoms with Gasteiger partial charge in [-0.15, -0.1) is 0 Å². The van der Waals surface area contributed by atoms with Crippen molar-refractivity contribution in [3.8, 4) is 0 Å². The first kappa shape index (κ1) is 15.0. The molecule has 0 aromatic carbocycles. The van der Waals surface area contributed by atoms with Crippen molar-refractivity contribution in [2.45, 2.75) is 24.5 Å². The first-order valence-electron chi connectivity index (χ1n) is 6.08. The van der Waals surface area contributed by atoms with Crippen LogP contribution >= 0.6 is 11.8 Å². The topological polar surface area (TPSA) is 47.6 Å². The van der Waals surface area contributed by atoms with Crippen molar-refractivity contribution in [3.05, 3.63) is 23.9 Å². The van der Waals surface area contributed by atoms with Gasteiger partial charge in [0.25, 0.3) is 5.22 Å². The fourth-order valence-corrected chi connectivity index (χ4v) is 1.98. The highest BCUT2D eigenvalue weighted by atomic mass is 32.2. The minimum absolute atomic E-state index is 0.123. The van der Waals surface area contributed by atoms with Gasteiger partial charge >= 0.3 is 6.08 Å². The second kappa shape index (κ2) is 7.37. The van der Waals surface area contributed by atoms with E-state index in [-0.39, 0.29) is 17.4 Å². The Hall–Kier alpha value is -1.44. The standard InChI is InChI=1S/C12H13F3N2O2S/c13-10(11(14)15)3-4-20-12-16-5-9(19-12)6-17-18-7-8-1-2-8/h5-6,8H,1-4,7H2/b17-6-. The summed E-state index contributed by atoms with van der Waals surface area (Å²) in [5, 5.41) is 4.01. The van der Waals surface area contributed by atoms with E-state index in [1.165, 1.54) is 25.3 Å². The Balaban J connectivity index is 1.69. The molecule has 0 N–H and O–H groups in total. The van der Waals surface area contributed by atoms with E-state index in [1.54, 1.807) is 0 Å². The van der Waals surface area contributed by atoms with E-state index in [0.717, 1.165) is 11.8 Å². The van der Waals surface area contributed by atoms with Crippen molar-refractivity contribution >= 4 is 18.0 Å². The lowest BCUT2D eigenvalue weighted by Crippen LogP contribution is -1.89. The number of rotatable bonds is 8. The summed E-state index contributed by atoms with van der Waals surface area (Å²) in [5.74, 6) is -0.263. The fraction of sp³-hybridized carbons (Fsp3) is 0.500. The number of nitrogens with zero attached hydrogens (tertiary/aromatic N) is 2. The number of oxime groups is 1. The Labute approximate surface area is 118 Å². The summed E-state index contributed by atoms with van der Waals surface area (Å²) in [6.45, 7) is 0.604. The predicted octanol–water partition coefficient (Wildman–Crippen LogP) is 3.99. The van der Waals surface area contributed by atoms with E-state index < -0.39 is 11.9 Å². The van der Waals surface area contributed by atoms with Gasteiger partial charge in [-0.1, -0.05) is 16.9 Å². The van der Waals surface area contributed by atoms with Gasteiger partial charge in [-0.3, -0.25) is 0 Å². The second-order valence-electron chi connectivity index (χ2n) is 4.27. The minimum Gasteiger partial charge on any atom is -0.430 e. The van der Waals surface area contributed by atoms with Crippen LogP contribution in [0.2, 0.25) is 0 Å². The van der Waals surface area contributed by atoms with Crippen LogP contribution in [0.1, 0.15) is 25.0 Å². The molecule has 0 saturated heterocycles. The molecule has 8 heteroatoms. The maximum Gasteiger partial charge on any atom is 0.301 e. The molecule has 20 heavy (non-hydrogen) atoms. The van der Waals surface area contributed by atoms with E-state index >= 15 is 0 Å². The number of hydrogen-bond acceptors (Lipinski definition) is 5. The molecule has 110 valence electrons. The van der Waals surface area contributed by atoms with Crippen molar-refractivity contribution in [2.75, 3.05) is 12.4 Å². The van der Waals surface area contributed by atoms with E-state index in [0.29, 0.717) is 18.3 Å². The molecule has 0 bridgehead atoms. The van der Waals surface area contributed by atoms with Crippen molar-refractivity contribution in [2.24, 2.45) is 11.1 Å². The third kappa shape index (κ3) is 5.28. The van der Waals surface area contributed by atoms with Gasteiger partial charge in [0.05, 0.1) is 6.20 Å². The molecule has 0 amide bonds. The average molecular weight is 306 g/mol. The molecule has 0 unspecified atom stereocenters. The van der Waals surface area contributed by atoms with Crippen LogP contribution in [0, 0.1) is 5.92 Å². The monoisotopic (exact) mass is 306 g/mol. The molecule has 0 radical (unpaired) electrons. The molecule has 4 nitrogen and oxygen atoms in total. The highest BCUT2D eigenvalue weighted by Gasteiger charge is 2.21. The Morgan fingerprint density at radius 2 is 2.30 bits per heavy atom. The van der Waals surface area contributed by atoms with Crippen molar-refractivity contribution in [3.63, 3.8) is 0 Å². The average Bonchev–Trinajstić information content (AvgIpc) is 3.14. The lowest BCUT2D eigenvalue weighted by molar-refractivity contribution is 0.135. The number of allylic oxidation sites excluding steroid dienone is 1. The molecular formula is C12H13F3N2O2S. The maximum absolute atomic E-state index is 12.5. The maximum atomic E-state index is 12.5. The lowest BCUT2D eigenvalue weighted by Gasteiger charge is -1.95. The van der Waals surface area contributed by atoms with Gasteiger partial charge in [0.1, 0.15) is 12.8 Å². The van der Waals surface area contributed by atoms with Crippen molar-refractivity contribution in [1.29, 1.82) is 0 Å². The Kier molecular flexibility index (Phi) is 5.51. The number of thioether (sulfide) groups is 1. The lowest BCUT2D eigenvalue weighted by atomic mass is 10.4. The van der Waals surface area contributed by atoms with Gasteiger partial charge in [-0.2, -0.15) is 8.78 Å². The summed E-state index contributed by atoms with van der Waals surface area (Å²) in [5.41, 5.74) is 0. The predicted molar refractivity (Wildman–Crippen MR) is 68.5 cm³/mol. The first-order valence-corrected chi connectivity index (χ1v) is 7.07. The number of halogens is 3. The molecule has 1 saturated carbocycles. The molecule has 1 fully saturated rings. The summed E-state index contributed by atoms with van der Waals surface area (Å²) in [6, 6.07) is 0.